The Hall–Kier alpha value is -4.05. The van der Waals surface area contributed by atoms with E-state index in [0.29, 0.717) is 17.9 Å². The highest BCUT2D eigenvalue weighted by atomic mass is 16.5. The third kappa shape index (κ3) is 5.26. The van der Waals surface area contributed by atoms with Gasteiger partial charge in [-0.2, -0.15) is 0 Å². The predicted octanol–water partition coefficient (Wildman–Crippen LogP) is 6.26. The van der Waals surface area contributed by atoms with Crippen LogP contribution in [0.5, 0.6) is 5.75 Å². The molecule has 0 aliphatic rings. The second kappa shape index (κ2) is 9.43. The number of hydrogen-bond donors (Lipinski definition) is 2. The van der Waals surface area contributed by atoms with E-state index in [1.807, 2.05) is 97.1 Å². The van der Waals surface area contributed by atoms with Gasteiger partial charge in [-0.3, -0.25) is 4.79 Å². The molecule has 0 saturated heterocycles. The minimum atomic E-state index is -0.177. The van der Waals surface area contributed by atoms with E-state index in [9.17, 15) is 4.79 Å². The Morgan fingerprint density at radius 1 is 0.667 bits per heavy atom. The SMILES string of the molecule is O=C(Nc1ccc(Nc2ccccc2)cc1)c1cccc(OCc2ccccc2)c1. The molecular formula is C26H22N2O2. The summed E-state index contributed by atoms with van der Waals surface area (Å²) in [4.78, 5) is 12.6. The Morgan fingerprint density at radius 2 is 1.30 bits per heavy atom. The Morgan fingerprint density at radius 3 is 2.03 bits per heavy atom. The van der Waals surface area contributed by atoms with Crippen LogP contribution in [0.15, 0.2) is 109 Å². The molecule has 4 rings (SSSR count). The maximum atomic E-state index is 12.6. The Kier molecular flexibility index (Phi) is 6.06. The zero-order valence-corrected chi connectivity index (χ0v) is 16.4. The van der Waals surface area contributed by atoms with Crippen molar-refractivity contribution < 1.29 is 9.53 Å². The minimum absolute atomic E-state index is 0.177. The maximum absolute atomic E-state index is 12.6. The van der Waals surface area contributed by atoms with Gasteiger partial charge < -0.3 is 15.4 Å². The second-order valence-corrected chi connectivity index (χ2v) is 6.82. The van der Waals surface area contributed by atoms with Crippen molar-refractivity contribution in [2.45, 2.75) is 6.61 Å². The van der Waals surface area contributed by atoms with Crippen molar-refractivity contribution in [1.29, 1.82) is 0 Å². The van der Waals surface area contributed by atoms with Gasteiger partial charge in [0, 0.05) is 22.6 Å². The highest BCUT2D eigenvalue weighted by Crippen LogP contribution is 2.20. The molecule has 2 N–H and O–H groups in total. The smallest absolute Gasteiger partial charge is 0.255 e. The summed E-state index contributed by atoms with van der Waals surface area (Å²) in [5, 5.41) is 6.25. The summed E-state index contributed by atoms with van der Waals surface area (Å²) in [5.74, 6) is 0.484. The highest BCUT2D eigenvalue weighted by molar-refractivity contribution is 6.04. The van der Waals surface area contributed by atoms with E-state index >= 15 is 0 Å². The van der Waals surface area contributed by atoms with Crippen molar-refractivity contribution in [2.24, 2.45) is 0 Å². The molecule has 0 saturated carbocycles. The molecule has 148 valence electrons. The van der Waals surface area contributed by atoms with Gasteiger partial charge in [-0.15, -0.1) is 0 Å². The number of hydrogen-bond acceptors (Lipinski definition) is 3. The van der Waals surface area contributed by atoms with E-state index in [-0.39, 0.29) is 5.91 Å². The first kappa shape index (κ1) is 19.3. The molecule has 4 heteroatoms. The van der Waals surface area contributed by atoms with Crippen LogP contribution in [-0.4, -0.2) is 5.91 Å². The summed E-state index contributed by atoms with van der Waals surface area (Å²) < 4.78 is 5.82. The fourth-order valence-electron chi connectivity index (χ4n) is 3.00. The quantitative estimate of drug-likeness (QED) is 0.389. The summed E-state index contributed by atoms with van der Waals surface area (Å²) in [6.45, 7) is 0.460. The molecule has 0 atom stereocenters. The van der Waals surface area contributed by atoms with Crippen LogP contribution in [0.4, 0.5) is 17.1 Å². The lowest BCUT2D eigenvalue weighted by Crippen LogP contribution is -2.12. The third-order valence-corrected chi connectivity index (χ3v) is 4.55. The molecule has 30 heavy (non-hydrogen) atoms. The Balaban J connectivity index is 1.36. The summed E-state index contributed by atoms with van der Waals surface area (Å²) in [5.41, 5.74) is 4.33. The van der Waals surface area contributed by atoms with Crippen LogP contribution in [0.1, 0.15) is 15.9 Å². The Labute approximate surface area is 176 Å². The summed E-state index contributed by atoms with van der Waals surface area (Å²) >= 11 is 0. The van der Waals surface area contributed by atoms with Crippen LogP contribution in [0.25, 0.3) is 0 Å². The highest BCUT2D eigenvalue weighted by Gasteiger charge is 2.08. The number of benzene rings is 4. The summed E-state index contributed by atoms with van der Waals surface area (Å²) in [6, 6.07) is 34.7. The maximum Gasteiger partial charge on any atom is 0.255 e. The van der Waals surface area contributed by atoms with Crippen LogP contribution in [0.2, 0.25) is 0 Å². The number of anilines is 3. The molecule has 0 fully saturated rings. The number of amides is 1. The lowest BCUT2D eigenvalue weighted by Gasteiger charge is -2.10. The van der Waals surface area contributed by atoms with Crippen LogP contribution >= 0.6 is 0 Å². The van der Waals surface area contributed by atoms with E-state index < -0.39 is 0 Å². The van der Waals surface area contributed by atoms with E-state index in [0.717, 1.165) is 22.6 Å². The molecule has 0 aromatic heterocycles. The molecule has 0 unspecified atom stereocenters. The number of carbonyl (C=O) groups excluding carboxylic acids is 1. The lowest BCUT2D eigenvalue weighted by atomic mass is 10.2. The van der Waals surface area contributed by atoms with E-state index in [1.165, 1.54) is 0 Å². The van der Waals surface area contributed by atoms with Crippen molar-refractivity contribution in [1.82, 2.24) is 0 Å². The number of rotatable bonds is 7. The fourth-order valence-corrected chi connectivity index (χ4v) is 3.00. The van der Waals surface area contributed by atoms with Gasteiger partial charge in [-0.05, 0) is 60.2 Å². The van der Waals surface area contributed by atoms with Gasteiger partial charge in [0.25, 0.3) is 5.91 Å². The first-order chi connectivity index (χ1) is 14.8. The summed E-state index contributed by atoms with van der Waals surface area (Å²) in [7, 11) is 0. The topological polar surface area (TPSA) is 50.4 Å². The van der Waals surface area contributed by atoms with Crippen molar-refractivity contribution in [3.8, 4) is 5.75 Å². The van der Waals surface area contributed by atoms with E-state index in [1.54, 1.807) is 12.1 Å². The van der Waals surface area contributed by atoms with Gasteiger partial charge in [-0.25, -0.2) is 0 Å². The molecule has 0 radical (unpaired) electrons. The molecule has 0 aliphatic carbocycles. The van der Waals surface area contributed by atoms with Crippen LogP contribution < -0.4 is 15.4 Å². The van der Waals surface area contributed by atoms with Crippen molar-refractivity contribution in [2.75, 3.05) is 10.6 Å². The van der Waals surface area contributed by atoms with Crippen molar-refractivity contribution >= 4 is 23.0 Å². The van der Waals surface area contributed by atoms with Crippen LogP contribution in [0.3, 0.4) is 0 Å². The van der Waals surface area contributed by atoms with Crippen molar-refractivity contribution in [3.63, 3.8) is 0 Å². The second-order valence-electron chi connectivity index (χ2n) is 6.82. The van der Waals surface area contributed by atoms with Gasteiger partial charge in [0.1, 0.15) is 12.4 Å². The molecule has 0 aliphatic heterocycles. The van der Waals surface area contributed by atoms with Crippen molar-refractivity contribution in [3.05, 3.63) is 120 Å². The monoisotopic (exact) mass is 394 g/mol. The van der Waals surface area contributed by atoms with Gasteiger partial charge >= 0.3 is 0 Å². The number of para-hydroxylation sites is 1. The molecule has 1 amide bonds. The van der Waals surface area contributed by atoms with Gasteiger partial charge in [-0.1, -0.05) is 54.6 Å². The van der Waals surface area contributed by atoms with E-state index in [4.69, 9.17) is 4.74 Å². The van der Waals surface area contributed by atoms with Gasteiger partial charge in [0.15, 0.2) is 0 Å². The predicted molar refractivity (Wildman–Crippen MR) is 121 cm³/mol. The molecule has 4 aromatic carbocycles. The van der Waals surface area contributed by atoms with Crippen LogP contribution in [-0.2, 0) is 6.61 Å². The minimum Gasteiger partial charge on any atom is -0.489 e. The molecule has 0 spiro atoms. The molecule has 4 aromatic rings. The first-order valence-electron chi connectivity index (χ1n) is 9.76. The largest absolute Gasteiger partial charge is 0.489 e. The fraction of sp³-hybridized carbons (Fsp3) is 0.0385. The number of ether oxygens (including phenoxy) is 1. The van der Waals surface area contributed by atoms with Crippen LogP contribution in [0, 0.1) is 0 Å². The summed E-state index contributed by atoms with van der Waals surface area (Å²) in [6.07, 6.45) is 0. The standard InChI is InChI=1S/C26H22N2O2/c29-26(21-10-7-13-25(18-21)30-19-20-8-3-1-4-9-20)28-24-16-14-23(15-17-24)27-22-11-5-2-6-12-22/h1-18,27H,19H2,(H,28,29). The molecule has 0 heterocycles. The molecule has 4 nitrogen and oxygen atoms in total. The lowest BCUT2D eigenvalue weighted by molar-refractivity contribution is 0.102. The average Bonchev–Trinajstić information content (AvgIpc) is 2.80. The third-order valence-electron chi connectivity index (χ3n) is 4.55. The number of carbonyl (C=O) groups is 1. The zero-order chi connectivity index (χ0) is 20.6. The Bertz CT molecular complexity index is 1090. The normalized spacial score (nSPS) is 10.3. The first-order valence-corrected chi connectivity index (χ1v) is 9.76. The van der Waals surface area contributed by atoms with Gasteiger partial charge in [0.05, 0.1) is 0 Å². The van der Waals surface area contributed by atoms with Gasteiger partial charge in [0.2, 0.25) is 0 Å². The molecule has 0 bridgehead atoms. The zero-order valence-electron chi connectivity index (χ0n) is 16.4. The number of nitrogens with one attached hydrogen (secondary N) is 2. The van der Waals surface area contributed by atoms with E-state index in [2.05, 4.69) is 10.6 Å². The molecular weight excluding hydrogens is 372 g/mol. The average molecular weight is 394 g/mol.